The van der Waals surface area contributed by atoms with E-state index in [4.69, 9.17) is 5.11 Å². The first-order chi connectivity index (χ1) is 9.70. The van der Waals surface area contributed by atoms with Gasteiger partial charge in [-0.1, -0.05) is 70.8 Å². The number of hydrogen-bond donors (Lipinski definition) is 2. The highest BCUT2D eigenvalue weighted by Crippen LogP contribution is 2.14. The number of unbranched alkanes of at least 4 members (excludes halogenated alkanes) is 8. The Morgan fingerprint density at radius 3 is 2.10 bits per heavy atom. The van der Waals surface area contributed by atoms with Gasteiger partial charge in [-0.05, 0) is 19.4 Å². The Bertz CT molecular complexity index is 251. The summed E-state index contributed by atoms with van der Waals surface area (Å²) >= 11 is 0. The van der Waals surface area contributed by atoms with Crippen molar-refractivity contribution in [3.05, 3.63) is 12.2 Å². The molecule has 2 N–H and O–H groups in total. The summed E-state index contributed by atoms with van der Waals surface area (Å²) in [5, 5.41) is 11.8. The third kappa shape index (κ3) is 13.6. The van der Waals surface area contributed by atoms with Gasteiger partial charge in [-0.3, -0.25) is 0 Å². The summed E-state index contributed by atoms with van der Waals surface area (Å²) < 4.78 is 0. The van der Waals surface area contributed by atoms with Crippen molar-refractivity contribution in [2.75, 3.05) is 13.6 Å². The minimum Gasteiger partial charge on any atom is -0.478 e. The van der Waals surface area contributed by atoms with E-state index in [9.17, 15) is 4.79 Å². The van der Waals surface area contributed by atoms with Crippen LogP contribution in [0.25, 0.3) is 0 Å². The van der Waals surface area contributed by atoms with Crippen LogP contribution in [0.4, 0.5) is 0 Å². The van der Waals surface area contributed by atoms with Crippen LogP contribution < -0.4 is 5.32 Å². The molecule has 0 aromatic heterocycles. The van der Waals surface area contributed by atoms with E-state index in [-0.39, 0.29) is 0 Å². The van der Waals surface area contributed by atoms with Crippen molar-refractivity contribution in [3.8, 4) is 0 Å². The molecule has 0 aliphatic rings. The molecule has 0 aliphatic heterocycles. The summed E-state index contributed by atoms with van der Waals surface area (Å²) in [6.45, 7) is 3.11. The first-order valence-corrected chi connectivity index (χ1v) is 8.26. The molecule has 20 heavy (non-hydrogen) atoms. The number of carboxylic acid groups (broad SMARTS) is 1. The van der Waals surface area contributed by atoms with Crippen molar-refractivity contribution in [2.24, 2.45) is 5.92 Å². The van der Waals surface area contributed by atoms with Gasteiger partial charge in [-0.25, -0.2) is 4.79 Å². The molecular formula is C17H33NO2. The maximum absolute atomic E-state index is 10.5. The molecule has 0 aromatic carbocycles. The standard InChI is InChI=1S/C17H33NO2/c1-3-4-5-6-7-8-9-10-11-12-16(15-18-2)13-14-17(19)20/h13-14,16,18H,3-12,15H2,1-2H3,(H,19,20)/b14-13+/t16-/m1/s1. The van der Waals surface area contributed by atoms with Crippen molar-refractivity contribution in [1.29, 1.82) is 0 Å². The van der Waals surface area contributed by atoms with Crippen LogP contribution in [0.3, 0.4) is 0 Å². The molecule has 0 rings (SSSR count). The lowest BCUT2D eigenvalue weighted by Crippen LogP contribution is -2.17. The zero-order valence-corrected chi connectivity index (χ0v) is 13.4. The number of rotatable bonds is 14. The van der Waals surface area contributed by atoms with Crippen LogP contribution >= 0.6 is 0 Å². The van der Waals surface area contributed by atoms with Crippen LogP contribution in [0.15, 0.2) is 12.2 Å². The minimum atomic E-state index is -0.849. The third-order valence-corrected chi connectivity index (χ3v) is 3.66. The molecular weight excluding hydrogens is 250 g/mol. The number of carbonyl (C=O) groups is 1. The van der Waals surface area contributed by atoms with Gasteiger partial charge < -0.3 is 10.4 Å². The first kappa shape index (κ1) is 19.2. The molecule has 0 fully saturated rings. The molecule has 0 heterocycles. The molecule has 1 atom stereocenters. The van der Waals surface area contributed by atoms with E-state index in [1.54, 1.807) is 0 Å². The molecule has 0 unspecified atom stereocenters. The molecule has 0 saturated heterocycles. The van der Waals surface area contributed by atoms with Crippen molar-refractivity contribution in [3.63, 3.8) is 0 Å². The summed E-state index contributed by atoms with van der Waals surface area (Å²) in [4.78, 5) is 10.5. The van der Waals surface area contributed by atoms with Gasteiger partial charge in [0.25, 0.3) is 0 Å². The Labute approximate surface area is 124 Å². The Kier molecular flexibility index (Phi) is 14.0. The topological polar surface area (TPSA) is 49.3 Å². The summed E-state index contributed by atoms with van der Waals surface area (Å²) in [5.41, 5.74) is 0. The van der Waals surface area contributed by atoms with Crippen LogP contribution in [0.5, 0.6) is 0 Å². The van der Waals surface area contributed by atoms with Crippen LogP contribution in [-0.2, 0) is 4.79 Å². The van der Waals surface area contributed by atoms with Crippen LogP contribution in [-0.4, -0.2) is 24.7 Å². The Morgan fingerprint density at radius 2 is 1.60 bits per heavy atom. The summed E-state index contributed by atoms with van der Waals surface area (Å²) in [6, 6.07) is 0. The molecule has 0 bridgehead atoms. The van der Waals surface area contributed by atoms with Gasteiger partial charge in [0.05, 0.1) is 0 Å². The van der Waals surface area contributed by atoms with Gasteiger partial charge in [0.1, 0.15) is 0 Å². The van der Waals surface area contributed by atoms with Gasteiger partial charge in [0.15, 0.2) is 0 Å². The normalized spacial score (nSPS) is 12.9. The lowest BCUT2D eigenvalue weighted by atomic mass is 9.99. The first-order valence-electron chi connectivity index (χ1n) is 8.26. The van der Waals surface area contributed by atoms with E-state index in [0.717, 1.165) is 13.0 Å². The van der Waals surface area contributed by atoms with Gasteiger partial charge in [0, 0.05) is 12.6 Å². The minimum absolute atomic E-state index is 0.348. The zero-order chi connectivity index (χ0) is 15.1. The average molecular weight is 283 g/mol. The third-order valence-electron chi connectivity index (χ3n) is 3.66. The highest BCUT2D eigenvalue weighted by molar-refractivity contribution is 5.79. The van der Waals surface area contributed by atoms with Crippen molar-refractivity contribution in [1.82, 2.24) is 5.32 Å². The largest absolute Gasteiger partial charge is 0.478 e. The fraction of sp³-hybridized carbons (Fsp3) is 0.824. The van der Waals surface area contributed by atoms with E-state index < -0.39 is 5.97 Å². The zero-order valence-electron chi connectivity index (χ0n) is 13.4. The summed E-state index contributed by atoms with van der Waals surface area (Å²) in [5.74, 6) is -0.501. The SMILES string of the molecule is CCCCCCCCCCC[C@H](/C=C/C(=O)O)CNC. The Hall–Kier alpha value is -0.830. The van der Waals surface area contributed by atoms with E-state index in [0.29, 0.717) is 5.92 Å². The van der Waals surface area contributed by atoms with E-state index in [1.165, 1.54) is 63.9 Å². The maximum atomic E-state index is 10.5. The number of hydrogen-bond acceptors (Lipinski definition) is 2. The monoisotopic (exact) mass is 283 g/mol. The fourth-order valence-electron chi connectivity index (χ4n) is 2.46. The molecule has 0 radical (unpaired) electrons. The van der Waals surface area contributed by atoms with Gasteiger partial charge >= 0.3 is 5.97 Å². The average Bonchev–Trinajstić information content (AvgIpc) is 2.42. The van der Waals surface area contributed by atoms with Crippen molar-refractivity contribution in [2.45, 2.75) is 71.1 Å². The fourth-order valence-corrected chi connectivity index (χ4v) is 2.46. The highest BCUT2D eigenvalue weighted by atomic mass is 16.4. The molecule has 0 saturated carbocycles. The number of nitrogens with one attached hydrogen (secondary N) is 1. The Balaban J connectivity index is 3.51. The summed E-state index contributed by atoms with van der Waals surface area (Å²) in [6.07, 6.45) is 16.2. The lowest BCUT2D eigenvalue weighted by Gasteiger charge is -2.11. The summed E-state index contributed by atoms with van der Waals surface area (Å²) in [7, 11) is 1.91. The quantitative estimate of drug-likeness (QED) is 0.367. The molecule has 3 nitrogen and oxygen atoms in total. The molecule has 0 aromatic rings. The van der Waals surface area contributed by atoms with Crippen LogP contribution in [0.2, 0.25) is 0 Å². The second-order valence-corrected chi connectivity index (χ2v) is 5.63. The van der Waals surface area contributed by atoms with Crippen molar-refractivity contribution < 1.29 is 9.90 Å². The van der Waals surface area contributed by atoms with Gasteiger partial charge in [-0.15, -0.1) is 0 Å². The van der Waals surface area contributed by atoms with Gasteiger partial charge in [-0.2, -0.15) is 0 Å². The van der Waals surface area contributed by atoms with E-state index in [1.807, 2.05) is 13.1 Å². The predicted molar refractivity (Wildman–Crippen MR) is 86.0 cm³/mol. The van der Waals surface area contributed by atoms with Crippen LogP contribution in [0.1, 0.15) is 71.1 Å². The number of carboxylic acids is 1. The van der Waals surface area contributed by atoms with Gasteiger partial charge in [0.2, 0.25) is 0 Å². The van der Waals surface area contributed by atoms with Crippen molar-refractivity contribution >= 4 is 5.97 Å². The molecule has 118 valence electrons. The van der Waals surface area contributed by atoms with E-state index >= 15 is 0 Å². The molecule has 0 aliphatic carbocycles. The number of aliphatic carboxylic acids is 1. The van der Waals surface area contributed by atoms with Crippen LogP contribution in [0, 0.1) is 5.92 Å². The smallest absolute Gasteiger partial charge is 0.327 e. The maximum Gasteiger partial charge on any atom is 0.327 e. The van der Waals surface area contributed by atoms with E-state index in [2.05, 4.69) is 12.2 Å². The lowest BCUT2D eigenvalue weighted by molar-refractivity contribution is -0.131. The highest BCUT2D eigenvalue weighted by Gasteiger charge is 2.04. The second-order valence-electron chi connectivity index (χ2n) is 5.63. The second kappa shape index (κ2) is 14.6. The molecule has 3 heteroatoms. The molecule has 0 amide bonds. The molecule has 0 spiro atoms. The predicted octanol–water partition coefficient (Wildman–Crippen LogP) is 4.38. The Morgan fingerprint density at radius 1 is 1.05 bits per heavy atom.